The van der Waals surface area contributed by atoms with E-state index in [1.54, 1.807) is 33.5 Å². The Hall–Kier alpha value is -3.67. The third-order valence-electron chi connectivity index (χ3n) is 6.00. The van der Waals surface area contributed by atoms with Crippen molar-refractivity contribution in [2.75, 3.05) is 34.4 Å². The van der Waals surface area contributed by atoms with E-state index in [9.17, 15) is 4.79 Å². The topological polar surface area (TPSA) is 57.2 Å². The van der Waals surface area contributed by atoms with Crippen molar-refractivity contribution in [3.05, 3.63) is 83.4 Å². The number of carbonyl (C=O) groups excluding carboxylic acids is 1. The Morgan fingerprint density at radius 2 is 1.58 bits per heavy atom. The van der Waals surface area contributed by atoms with Crippen molar-refractivity contribution in [1.82, 2.24) is 4.90 Å². The van der Waals surface area contributed by atoms with E-state index in [4.69, 9.17) is 18.9 Å². The zero-order valence-electron chi connectivity index (χ0n) is 19.2. The number of benzene rings is 3. The third kappa shape index (κ3) is 5.06. The molecule has 0 aromatic heterocycles. The number of ether oxygens (including phenoxy) is 4. The number of hydrogen-bond acceptors (Lipinski definition) is 5. The average molecular weight is 448 g/mol. The fourth-order valence-electron chi connectivity index (χ4n) is 4.15. The summed E-state index contributed by atoms with van der Waals surface area (Å²) in [7, 11) is 4.79. The first-order valence-electron chi connectivity index (χ1n) is 11.0. The van der Waals surface area contributed by atoms with Crippen molar-refractivity contribution >= 4 is 5.91 Å². The van der Waals surface area contributed by atoms with Crippen LogP contribution in [0.1, 0.15) is 33.8 Å². The molecule has 1 saturated heterocycles. The minimum absolute atomic E-state index is 0.0442. The van der Waals surface area contributed by atoms with Gasteiger partial charge in [-0.25, -0.2) is 0 Å². The predicted octanol–water partition coefficient (Wildman–Crippen LogP) is 4.92. The largest absolute Gasteiger partial charge is 0.497 e. The quantitative estimate of drug-likeness (QED) is 0.491. The van der Waals surface area contributed by atoms with E-state index in [0.29, 0.717) is 48.4 Å². The molecule has 3 aromatic carbocycles. The number of likely N-dealkylation sites (tertiary alicyclic amines) is 1. The summed E-state index contributed by atoms with van der Waals surface area (Å²) in [5.74, 6) is 2.52. The van der Waals surface area contributed by atoms with Gasteiger partial charge in [0.2, 0.25) is 5.75 Å². The Labute approximate surface area is 194 Å². The lowest BCUT2D eigenvalue weighted by atomic mass is 9.98. The SMILES string of the molecule is COc1ccc(C2CCN(C(=O)c3cc(OC)c(OCc4ccccc4)c(OC)c3)C2)cc1. The second-order valence-electron chi connectivity index (χ2n) is 7.99. The molecule has 172 valence electrons. The highest BCUT2D eigenvalue weighted by atomic mass is 16.5. The summed E-state index contributed by atoms with van der Waals surface area (Å²) in [5, 5.41) is 0. The van der Waals surface area contributed by atoms with Gasteiger partial charge in [-0.05, 0) is 41.8 Å². The van der Waals surface area contributed by atoms with Crippen LogP contribution in [0.5, 0.6) is 23.0 Å². The minimum atomic E-state index is -0.0442. The predicted molar refractivity (Wildman–Crippen MR) is 127 cm³/mol. The third-order valence-corrected chi connectivity index (χ3v) is 6.00. The lowest BCUT2D eigenvalue weighted by Crippen LogP contribution is -2.28. The normalized spacial score (nSPS) is 15.2. The van der Waals surface area contributed by atoms with Gasteiger partial charge in [0.15, 0.2) is 11.5 Å². The van der Waals surface area contributed by atoms with Crippen LogP contribution in [0.4, 0.5) is 0 Å². The molecule has 1 heterocycles. The van der Waals surface area contributed by atoms with E-state index in [0.717, 1.165) is 17.7 Å². The number of hydrogen-bond donors (Lipinski definition) is 0. The van der Waals surface area contributed by atoms with Crippen LogP contribution in [-0.2, 0) is 6.61 Å². The summed E-state index contributed by atoms with van der Waals surface area (Å²) in [5.41, 5.74) is 2.76. The Balaban J connectivity index is 1.50. The van der Waals surface area contributed by atoms with Gasteiger partial charge in [0.25, 0.3) is 5.91 Å². The maximum atomic E-state index is 13.3. The van der Waals surface area contributed by atoms with Gasteiger partial charge in [-0.2, -0.15) is 0 Å². The monoisotopic (exact) mass is 447 g/mol. The summed E-state index contributed by atoms with van der Waals surface area (Å²) in [4.78, 5) is 15.2. The molecule has 1 amide bonds. The summed E-state index contributed by atoms with van der Waals surface area (Å²) < 4.78 is 22.4. The maximum absolute atomic E-state index is 13.3. The molecule has 0 spiro atoms. The highest BCUT2D eigenvalue weighted by Crippen LogP contribution is 2.40. The molecule has 1 atom stereocenters. The van der Waals surface area contributed by atoms with E-state index in [-0.39, 0.29) is 5.91 Å². The zero-order chi connectivity index (χ0) is 23.2. The fourth-order valence-corrected chi connectivity index (χ4v) is 4.15. The highest BCUT2D eigenvalue weighted by Gasteiger charge is 2.29. The van der Waals surface area contributed by atoms with Crippen LogP contribution in [0.15, 0.2) is 66.7 Å². The number of methoxy groups -OCH3 is 3. The molecule has 4 rings (SSSR count). The highest BCUT2D eigenvalue weighted by molar-refractivity contribution is 5.96. The van der Waals surface area contributed by atoms with E-state index < -0.39 is 0 Å². The Bertz CT molecular complexity index is 1060. The summed E-state index contributed by atoms with van der Waals surface area (Å²) in [6.45, 7) is 1.74. The van der Waals surface area contributed by atoms with Gasteiger partial charge in [-0.1, -0.05) is 42.5 Å². The first kappa shape index (κ1) is 22.5. The van der Waals surface area contributed by atoms with Gasteiger partial charge in [-0.3, -0.25) is 4.79 Å². The molecule has 3 aromatic rings. The molecule has 0 N–H and O–H groups in total. The number of amides is 1. The van der Waals surface area contributed by atoms with Gasteiger partial charge >= 0.3 is 0 Å². The molecule has 0 aliphatic carbocycles. The van der Waals surface area contributed by atoms with Crippen LogP contribution >= 0.6 is 0 Å². The summed E-state index contributed by atoms with van der Waals surface area (Å²) >= 11 is 0. The molecule has 1 fully saturated rings. The Kier molecular flexibility index (Phi) is 7.03. The van der Waals surface area contributed by atoms with Gasteiger partial charge in [0, 0.05) is 24.6 Å². The van der Waals surface area contributed by atoms with Gasteiger partial charge in [-0.15, -0.1) is 0 Å². The van der Waals surface area contributed by atoms with Crippen molar-refractivity contribution in [2.24, 2.45) is 0 Å². The molecule has 1 aliphatic rings. The van der Waals surface area contributed by atoms with Crippen molar-refractivity contribution in [3.63, 3.8) is 0 Å². The molecule has 0 saturated carbocycles. The standard InChI is InChI=1S/C27H29NO5/c1-30-23-11-9-20(10-12-23)21-13-14-28(17-21)27(29)22-15-24(31-2)26(25(16-22)32-3)33-18-19-7-5-4-6-8-19/h4-12,15-16,21H,13-14,17-18H2,1-3H3. The van der Waals surface area contributed by atoms with Crippen LogP contribution < -0.4 is 18.9 Å². The van der Waals surface area contributed by atoms with Crippen molar-refractivity contribution in [2.45, 2.75) is 18.9 Å². The molecule has 33 heavy (non-hydrogen) atoms. The Morgan fingerprint density at radius 3 is 2.18 bits per heavy atom. The number of nitrogens with zero attached hydrogens (tertiary/aromatic N) is 1. The van der Waals surface area contributed by atoms with Gasteiger partial charge in [0.1, 0.15) is 12.4 Å². The summed E-state index contributed by atoms with van der Waals surface area (Å²) in [6.07, 6.45) is 0.921. The van der Waals surface area contributed by atoms with E-state index >= 15 is 0 Å². The van der Waals surface area contributed by atoms with Crippen LogP contribution in [0.25, 0.3) is 0 Å². The number of carbonyl (C=O) groups is 1. The van der Waals surface area contributed by atoms with Gasteiger partial charge < -0.3 is 23.8 Å². The molecular formula is C27H29NO5. The zero-order valence-corrected chi connectivity index (χ0v) is 19.2. The fraction of sp³-hybridized carbons (Fsp3) is 0.296. The van der Waals surface area contributed by atoms with Crippen molar-refractivity contribution in [1.29, 1.82) is 0 Å². The second kappa shape index (κ2) is 10.3. The first-order valence-corrected chi connectivity index (χ1v) is 11.0. The molecule has 0 radical (unpaired) electrons. The van der Waals surface area contributed by atoms with Crippen molar-refractivity contribution in [3.8, 4) is 23.0 Å². The Morgan fingerprint density at radius 1 is 0.909 bits per heavy atom. The smallest absolute Gasteiger partial charge is 0.254 e. The van der Waals surface area contributed by atoms with E-state index in [2.05, 4.69) is 12.1 Å². The lowest BCUT2D eigenvalue weighted by Gasteiger charge is -2.20. The molecule has 1 aliphatic heterocycles. The first-order chi connectivity index (χ1) is 16.1. The average Bonchev–Trinajstić information content (AvgIpc) is 3.37. The molecule has 1 unspecified atom stereocenters. The number of rotatable bonds is 8. The van der Waals surface area contributed by atoms with Crippen LogP contribution in [0, 0.1) is 0 Å². The molecular weight excluding hydrogens is 418 g/mol. The maximum Gasteiger partial charge on any atom is 0.254 e. The molecule has 6 heteroatoms. The van der Waals surface area contributed by atoms with Crippen LogP contribution in [0.3, 0.4) is 0 Å². The lowest BCUT2D eigenvalue weighted by molar-refractivity contribution is 0.0790. The summed E-state index contributed by atoms with van der Waals surface area (Å²) in [6, 6.07) is 21.4. The van der Waals surface area contributed by atoms with E-state index in [1.165, 1.54) is 5.56 Å². The second-order valence-corrected chi connectivity index (χ2v) is 7.99. The molecule has 0 bridgehead atoms. The molecule has 6 nitrogen and oxygen atoms in total. The van der Waals surface area contributed by atoms with Crippen LogP contribution in [-0.4, -0.2) is 45.2 Å². The van der Waals surface area contributed by atoms with Gasteiger partial charge in [0.05, 0.1) is 21.3 Å². The van der Waals surface area contributed by atoms with Crippen molar-refractivity contribution < 1.29 is 23.7 Å². The van der Waals surface area contributed by atoms with Crippen LogP contribution in [0.2, 0.25) is 0 Å². The van der Waals surface area contributed by atoms with E-state index in [1.807, 2.05) is 47.4 Å². The minimum Gasteiger partial charge on any atom is -0.497 e.